The molecule has 1 heterocycles. The third-order valence-corrected chi connectivity index (χ3v) is 2.81. The van der Waals surface area contributed by atoms with Crippen LogP contribution in [0.15, 0.2) is 18.2 Å². The molecule has 0 aliphatic carbocycles. The van der Waals surface area contributed by atoms with Gasteiger partial charge in [-0.15, -0.1) is 0 Å². The van der Waals surface area contributed by atoms with E-state index < -0.39 is 17.7 Å². The number of hydrogen-bond donors (Lipinski definition) is 3. The lowest BCUT2D eigenvalue weighted by atomic mass is 10.1. The maximum absolute atomic E-state index is 13.8. The van der Waals surface area contributed by atoms with Gasteiger partial charge in [-0.3, -0.25) is 9.59 Å². The number of carbonyl (C=O) groups excluding carboxylic acids is 1. The molecular weight excluding hydrogens is 251 g/mol. The Labute approximate surface area is 108 Å². The van der Waals surface area contributed by atoms with Crippen LogP contribution in [0.25, 0.3) is 10.9 Å². The van der Waals surface area contributed by atoms with Crippen molar-refractivity contribution in [1.82, 2.24) is 10.3 Å². The van der Waals surface area contributed by atoms with E-state index in [9.17, 15) is 14.0 Å². The summed E-state index contributed by atoms with van der Waals surface area (Å²) in [6.07, 6.45) is -0.171. The van der Waals surface area contributed by atoms with E-state index in [4.69, 9.17) is 5.11 Å². The number of hydrogen-bond acceptors (Lipinski definition) is 2. The first-order valence-electron chi connectivity index (χ1n) is 5.77. The Hall–Kier alpha value is -2.37. The summed E-state index contributed by atoms with van der Waals surface area (Å²) in [5.41, 5.74) is 1.31. The summed E-state index contributed by atoms with van der Waals surface area (Å²) in [6.45, 7) is 1.68. The molecule has 19 heavy (non-hydrogen) atoms. The Kier molecular flexibility index (Phi) is 3.50. The number of carboxylic acids is 1. The maximum atomic E-state index is 13.8. The summed E-state index contributed by atoms with van der Waals surface area (Å²) in [5.74, 6) is -1.96. The summed E-state index contributed by atoms with van der Waals surface area (Å²) in [7, 11) is 0. The fourth-order valence-corrected chi connectivity index (χ4v) is 1.99. The Balaban J connectivity index is 2.31. The number of aromatic amines is 1. The van der Waals surface area contributed by atoms with Crippen molar-refractivity contribution in [2.45, 2.75) is 13.3 Å². The number of fused-ring (bicyclic) bond motifs is 1. The van der Waals surface area contributed by atoms with E-state index >= 15 is 0 Å². The van der Waals surface area contributed by atoms with E-state index in [1.54, 1.807) is 19.1 Å². The molecular formula is C13H13FN2O3. The highest BCUT2D eigenvalue weighted by atomic mass is 19.1. The molecule has 0 aliphatic heterocycles. The summed E-state index contributed by atoms with van der Waals surface area (Å²) in [4.78, 5) is 25.3. The lowest BCUT2D eigenvalue weighted by molar-refractivity contribution is -0.136. The minimum absolute atomic E-state index is 0.00866. The lowest BCUT2D eigenvalue weighted by Gasteiger charge is -2.04. The molecule has 1 aromatic heterocycles. The van der Waals surface area contributed by atoms with Gasteiger partial charge in [0, 0.05) is 23.1 Å². The fraction of sp³-hybridized carbons (Fsp3) is 0.231. The van der Waals surface area contributed by atoms with Gasteiger partial charge in [0.25, 0.3) is 5.91 Å². The van der Waals surface area contributed by atoms with Gasteiger partial charge in [0.05, 0.1) is 12.0 Å². The Morgan fingerprint density at radius 3 is 2.84 bits per heavy atom. The number of benzene rings is 1. The van der Waals surface area contributed by atoms with Crippen LogP contribution in [0.1, 0.15) is 22.5 Å². The monoisotopic (exact) mass is 264 g/mol. The second-order valence-electron chi connectivity index (χ2n) is 4.19. The van der Waals surface area contributed by atoms with Gasteiger partial charge in [-0.25, -0.2) is 4.39 Å². The lowest BCUT2D eigenvalue weighted by Crippen LogP contribution is -2.26. The van der Waals surface area contributed by atoms with Crippen LogP contribution in [0.3, 0.4) is 0 Å². The van der Waals surface area contributed by atoms with E-state index in [2.05, 4.69) is 10.3 Å². The summed E-state index contributed by atoms with van der Waals surface area (Å²) < 4.78 is 13.8. The van der Waals surface area contributed by atoms with Crippen molar-refractivity contribution in [2.24, 2.45) is 0 Å². The molecule has 5 nitrogen and oxygen atoms in total. The largest absolute Gasteiger partial charge is 0.481 e. The topological polar surface area (TPSA) is 82.2 Å². The van der Waals surface area contributed by atoms with Gasteiger partial charge in [-0.2, -0.15) is 0 Å². The molecule has 0 fully saturated rings. The number of aromatic nitrogens is 1. The maximum Gasteiger partial charge on any atom is 0.305 e. The predicted octanol–water partition coefficient (Wildman–Crippen LogP) is 1.82. The zero-order valence-electron chi connectivity index (χ0n) is 10.3. The second kappa shape index (κ2) is 5.09. The molecule has 2 aromatic rings. The molecule has 1 amide bonds. The van der Waals surface area contributed by atoms with E-state index in [0.717, 1.165) is 0 Å². The predicted molar refractivity (Wildman–Crippen MR) is 67.6 cm³/mol. The van der Waals surface area contributed by atoms with Crippen molar-refractivity contribution >= 4 is 22.8 Å². The van der Waals surface area contributed by atoms with Crippen molar-refractivity contribution in [3.8, 4) is 0 Å². The van der Waals surface area contributed by atoms with Gasteiger partial charge in [0.1, 0.15) is 5.82 Å². The normalized spacial score (nSPS) is 10.6. The van der Waals surface area contributed by atoms with Crippen LogP contribution >= 0.6 is 0 Å². The van der Waals surface area contributed by atoms with Gasteiger partial charge < -0.3 is 15.4 Å². The number of carbonyl (C=O) groups is 2. The SMILES string of the molecule is Cc1[nH]c2cccc(F)c2c1C(=O)NCCC(=O)O. The molecule has 6 heteroatoms. The number of rotatable bonds is 4. The molecule has 2 rings (SSSR count). The third kappa shape index (κ3) is 2.57. The summed E-state index contributed by atoms with van der Waals surface area (Å²) in [5, 5.41) is 11.2. The first-order chi connectivity index (χ1) is 9.00. The van der Waals surface area contributed by atoms with Crippen molar-refractivity contribution in [1.29, 1.82) is 0 Å². The van der Waals surface area contributed by atoms with Crippen LogP contribution in [0.4, 0.5) is 4.39 Å². The van der Waals surface area contributed by atoms with Crippen molar-refractivity contribution in [3.05, 3.63) is 35.3 Å². The van der Waals surface area contributed by atoms with E-state index in [1.807, 2.05) is 0 Å². The minimum atomic E-state index is -0.998. The number of nitrogens with one attached hydrogen (secondary N) is 2. The van der Waals surface area contributed by atoms with Gasteiger partial charge in [-0.1, -0.05) is 6.07 Å². The molecule has 0 unspecified atom stereocenters. The van der Waals surface area contributed by atoms with Gasteiger partial charge in [0.2, 0.25) is 0 Å². The van der Waals surface area contributed by atoms with Crippen LogP contribution in [-0.4, -0.2) is 28.5 Å². The molecule has 0 atom stereocenters. The Bertz CT molecular complexity index is 649. The van der Waals surface area contributed by atoms with Crippen LogP contribution in [-0.2, 0) is 4.79 Å². The van der Waals surface area contributed by atoms with Crippen LogP contribution in [0, 0.1) is 12.7 Å². The van der Waals surface area contributed by atoms with Crippen LogP contribution in [0.5, 0.6) is 0 Å². The number of carboxylic acid groups (broad SMARTS) is 1. The first kappa shape index (κ1) is 13.1. The van der Waals surface area contributed by atoms with Gasteiger partial charge >= 0.3 is 5.97 Å². The highest BCUT2D eigenvalue weighted by Gasteiger charge is 2.18. The van der Waals surface area contributed by atoms with E-state index in [1.165, 1.54) is 6.07 Å². The van der Waals surface area contributed by atoms with Crippen molar-refractivity contribution in [3.63, 3.8) is 0 Å². The first-order valence-corrected chi connectivity index (χ1v) is 5.77. The number of aliphatic carboxylic acids is 1. The number of halogens is 1. The number of H-pyrrole nitrogens is 1. The molecule has 0 aliphatic rings. The molecule has 100 valence electrons. The third-order valence-electron chi connectivity index (χ3n) is 2.81. The van der Waals surface area contributed by atoms with E-state index in [0.29, 0.717) is 11.2 Å². The highest BCUT2D eigenvalue weighted by Crippen LogP contribution is 2.24. The highest BCUT2D eigenvalue weighted by molar-refractivity contribution is 6.08. The van der Waals surface area contributed by atoms with Gasteiger partial charge in [0.15, 0.2) is 0 Å². The van der Waals surface area contributed by atoms with Crippen molar-refractivity contribution < 1.29 is 19.1 Å². The summed E-state index contributed by atoms with van der Waals surface area (Å²) >= 11 is 0. The summed E-state index contributed by atoms with van der Waals surface area (Å²) in [6, 6.07) is 4.52. The molecule has 0 spiro atoms. The average Bonchev–Trinajstić information content (AvgIpc) is 2.66. The average molecular weight is 264 g/mol. The molecule has 3 N–H and O–H groups in total. The molecule has 0 saturated heterocycles. The fourth-order valence-electron chi connectivity index (χ4n) is 1.99. The van der Waals surface area contributed by atoms with Crippen molar-refractivity contribution in [2.75, 3.05) is 6.54 Å². The number of aryl methyl sites for hydroxylation is 1. The number of amides is 1. The smallest absolute Gasteiger partial charge is 0.305 e. The molecule has 0 radical (unpaired) electrons. The second-order valence-corrected chi connectivity index (χ2v) is 4.19. The molecule has 0 bridgehead atoms. The zero-order valence-corrected chi connectivity index (χ0v) is 10.3. The minimum Gasteiger partial charge on any atom is -0.481 e. The Morgan fingerprint density at radius 1 is 1.42 bits per heavy atom. The standard InChI is InChI=1S/C13H13FN2O3/c1-7-11(13(19)15-6-5-10(17)18)12-8(14)3-2-4-9(12)16-7/h2-4,16H,5-6H2,1H3,(H,15,19)(H,17,18). The zero-order chi connectivity index (χ0) is 14.0. The van der Waals surface area contributed by atoms with E-state index in [-0.39, 0.29) is 23.9 Å². The molecule has 1 aromatic carbocycles. The van der Waals surface area contributed by atoms with Crippen LogP contribution in [0.2, 0.25) is 0 Å². The van der Waals surface area contributed by atoms with Gasteiger partial charge in [-0.05, 0) is 19.1 Å². The van der Waals surface area contributed by atoms with Crippen LogP contribution < -0.4 is 5.32 Å². The molecule has 0 saturated carbocycles. The quantitative estimate of drug-likeness (QED) is 0.787. The Morgan fingerprint density at radius 2 is 2.16 bits per heavy atom.